The summed E-state index contributed by atoms with van der Waals surface area (Å²) in [5, 5.41) is 0. The van der Waals surface area contributed by atoms with Gasteiger partial charge in [-0.2, -0.15) is 0 Å². The van der Waals surface area contributed by atoms with Gasteiger partial charge in [0.2, 0.25) is 5.91 Å². The second-order valence-corrected chi connectivity index (χ2v) is 8.39. The molecule has 0 radical (unpaired) electrons. The fourth-order valence-electron chi connectivity index (χ4n) is 4.26. The molecule has 2 fully saturated rings. The van der Waals surface area contributed by atoms with Crippen molar-refractivity contribution in [3.63, 3.8) is 0 Å². The molecule has 2 aliphatic rings. The molecule has 0 bridgehead atoms. The Balaban J connectivity index is 1.30. The van der Waals surface area contributed by atoms with Crippen LogP contribution in [0.4, 0.5) is 5.69 Å². The molecule has 142 valence electrons. The van der Waals surface area contributed by atoms with Crippen LogP contribution in [-0.4, -0.2) is 37.0 Å². The van der Waals surface area contributed by atoms with Gasteiger partial charge < -0.3 is 9.80 Å². The Hall–Kier alpha value is -2.29. The smallest absolute Gasteiger partial charge is 0.226 e. The molecule has 0 aromatic heterocycles. The maximum atomic E-state index is 12.9. The molecule has 1 heterocycles. The third kappa shape index (κ3) is 4.02. The van der Waals surface area contributed by atoms with E-state index in [0.29, 0.717) is 11.8 Å². The zero-order chi connectivity index (χ0) is 19.0. The fraction of sp³-hybridized carbons (Fsp3) is 0.458. The Bertz CT molecular complexity index is 819. The molecule has 1 saturated carbocycles. The predicted octanol–water partition coefficient (Wildman–Crippen LogP) is 4.14. The normalized spacial score (nSPS) is 22.0. The van der Waals surface area contributed by atoms with E-state index in [9.17, 15) is 4.79 Å². The molecule has 3 heteroatoms. The largest absolute Gasteiger partial charge is 0.368 e. The van der Waals surface area contributed by atoms with Crippen molar-refractivity contribution < 1.29 is 4.79 Å². The number of amides is 1. The molecule has 27 heavy (non-hydrogen) atoms. The zero-order valence-electron chi connectivity index (χ0n) is 16.7. The number of carbonyl (C=O) groups excluding carboxylic acids is 1. The van der Waals surface area contributed by atoms with Gasteiger partial charge in [-0.3, -0.25) is 4.79 Å². The van der Waals surface area contributed by atoms with Gasteiger partial charge in [0, 0.05) is 37.8 Å². The number of rotatable bonds is 4. The summed E-state index contributed by atoms with van der Waals surface area (Å²) in [6.07, 6.45) is 2.10. The van der Waals surface area contributed by atoms with Crippen LogP contribution in [0, 0.1) is 32.6 Å². The topological polar surface area (TPSA) is 23.6 Å². The van der Waals surface area contributed by atoms with Gasteiger partial charge in [-0.15, -0.1) is 0 Å². The first-order chi connectivity index (χ1) is 13.0. The van der Waals surface area contributed by atoms with E-state index < -0.39 is 0 Å². The number of nitrogens with zero attached hydrogens (tertiary/aromatic N) is 2. The van der Waals surface area contributed by atoms with Crippen molar-refractivity contribution in [2.45, 2.75) is 33.6 Å². The number of hydrogen-bond acceptors (Lipinski definition) is 2. The number of hydrogen-bond donors (Lipinski definition) is 0. The number of aryl methyl sites for hydroxylation is 3. The summed E-state index contributed by atoms with van der Waals surface area (Å²) in [7, 11) is 0. The van der Waals surface area contributed by atoms with E-state index in [2.05, 4.69) is 73.0 Å². The summed E-state index contributed by atoms with van der Waals surface area (Å²) in [5.41, 5.74) is 6.60. The summed E-state index contributed by atoms with van der Waals surface area (Å²) in [6.45, 7) is 10.00. The maximum absolute atomic E-state index is 12.9. The molecule has 1 saturated heterocycles. The molecule has 4 rings (SSSR count). The Morgan fingerprint density at radius 2 is 1.59 bits per heavy atom. The summed E-state index contributed by atoms with van der Waals surface area (Å²) in [6, 6.07) is 15.4. The van der Waals surface area contributed by atoms with Crippen molar-refractivity contribution in [1.82, 2.24) is 4.90 Å². The lowest BCUT2D eigenvalue weighted by molar-refractivity contribution is -0.133. The average Bonchev–Trinajstić information content (AvgIpc) is 3.44. The van der Waals surface area contributed by atoms with Crippen LogP contribution in [-0.2, 0) is 11.2 Å². The summed E-state index contributed by atoms with van der Waals surface area (Å²) < 4.78 is 0. The number of anilines is 1. The highest BCUT2D eigenvalue weighted by atomic mass is 16.2. The molecule has 0 spiro atoms. The molecular formula is C24H30N2O. The van der Waals surface area contributed by atoms with Crippen molar-refractivity contribution in [2.75, 3.05) is 31.1 Å². The van der Waals surface area contributed by atoms with Crippen molar-refractivity contribution >= 4 is 11.6 Å². The van der Waals surface area contributed by atoms with E-state index >= 15 is 0 Å². The molecule has 3 nitrogen and oxygen atoms in total. The standard InChI is InChI=1S/C24H30N2O/c1-17-5-8-20(9-6-17)15-21-16-22(21)24(27)26-12-10-25(11-13-26)23-14-18(2)4-7-19(23)3/h4-9,14,21-22H,10-13,15-16H2,1-3H3. The Labute approximate surface area is 163 Å². The second-order valence-electron chi connectivity index (χ2n) is 8.39. The van der Waals surface area contributed by atoms with Gasteiger partial charge in [-0.25, -0.2) is 0 Å². The van der Waals surface area contributed by atoms with E-state index in [1.165, 1.54) is 27.9 Å². The van der Waals surface area contributed by atoms with Gasteiger partial charge in [0.05, 0.1) is 0 Å². The van der Waals surface area contributed by atoms with Gasteiger partial charge in [0.1, 0.15) is 0 Å². The lowest BCUT2D eigenvalue weighted by Gasteiger charge is -2.37. The third-order valence-electron chi connectivity index (χ3n) is 6.15. The van der Waals surface area contributed by atoms with Crippen LogP contribution in [0.2, 0.25) is 0 Å². The van der Waals surface area contributed by atoms with E-state index in [1.54, 1.807) is 0 Å². The van der Waals surface area contributed by atoms with Gasteiger partial charge >= 0.3 is 0 Å². The highest BCUT2D eigenvalue weighted by molar-refractivity contribution is 5.82. The van der Waals surface area contributed by atoms with Crippen molar-refractivity contribution in [1.29, 1.82) is 0 Å². The van der Waals surface area contributed by atoms with Crippen LogP contribution >= 0.6 is 0 Å². The third-order valence-corrected chi connectivity index (χ3v) is 6.15. The second kappa shape index (κ2) is 7.38. The first-order valence-corrected chi connectivity index (χ1v) is 10.2. The minimum atomic E-state index is 0.249. The van der Waals surface area contributed by atoms with E-state index in [0.717, 1.165) is 39.0 Å². The number of piperazine rings is 1. The molecule has 2 aromatic rings. The molecule has 1 aliphatic heterocycles. The van der Waals surface area contributed by atoms with E-state index in [1.807, 2.05) is 0 Å². The van der Waals surface area contributed by atoms with Crippen molar-refractivity contribution in [3.8, 4) is 0 Å². The lowest BCUT2D eigenvalue weighted by Crippen LogP contribution is -2.49. The summed E-state index contributed by atoms with van der Waals surface area (Å²) in [4.78, 5) is 17.4. The molecule has 1 amide bonds. The van der Waals surface area contributed by atoms with Gasteiger partial charge in [0.25, 0.3) is 0 Å². The van der Waals surface area contributed by atoms with Crippen LogP contribution in [0.1, 0.15) is 28.7 Å². The molecule has 0 N–H and O–H groups in total. The van der Waals surface area contributed by atoms with E-state index in [4.69, 9.17) is 0 Å². The molecule has 2 atom stereocenters. The fourth-order valence-corrected chi connectivity index (χ4v) is 4.26. The van der Waals surface area contributed by atoms with Crippen LogP contribution in [0.15, 0.2) is 42.5 Å². The minimum Gasteiger partial charge on any atom is -0.368 e. The molecule has 2 unspecified atom stereocenters. The number of carbonyl (C=O) groups is 1. The van der Waals surface area contributed by atoms with Crippen LogP contribution in [0.3, 0.4) is 0 Å². The minimum absolute atomic E-state index is 0.249. The number of benzene rings is 2. The average molecular weight is 363 g/mol. The van der Waals surface area contributed by atoms with Crippen molar-refractivity contribution in [2.24, 2.45) is 11.8 Å². The first-order valence-electron chi connectivity index (χ1n) is 10.2. The highest BCUT2D eigenvalue weighted by Crippen LogP contribution is 2.42. The van der Waals surface area contributed by atoms with Gasteiger partial charge in [-0.05, 0) is 62.3 Å². The van der Waals surface area contributed by atoms with Crippen LogP contribution in [0.25, 0.3) is 0 Å². The van der Waals surface area contributed by atoms with Gasteiger partial charge in [0.15, 0.2) is 0 Å². The Morgan fingerprint density at radius 3 is 2.30 bits per heavy atom. The molecular weight excluding hydrogens is 332 g/mol. The first kappa shape index (κ1) is 18.1. The summed E-state index contributed by atoms with van der Waals surface area (Å²) >= 11 is 0. The predicted molar refractivity (Wildman–Crippen MR) is 111 cm³/mol. The molecule has 1 aliphatic carbocycles. The monoisotopic (exact) mass is 362 g/mol. The van der Waals surface area contributed by atoms with Crippen LogP contribution < -0.4 is 4.90 Å². The van der Waals surface area contributed by atoms with Crippen molar-refractivity contribution in [3.05, 3.63) is 64.7 Å². The molecule has 2 aromatic carbocycles. The van der Waals surface area contributed by atoms with E-state index in [-0.39, 0.29) is 5.92 Å². The Morgan fingerprint density at radius 1 is 0.926 bits per heavy atom. The van der Waals surface area contributed by atoms with Crippen LogP contribution in [0.5, 0.6) is 0 Å². The summed E-state index contributed by atoms with van der Waals surface area (Å²) in [5.74, 6) is 1.17. The lowest BCUT2D eigenvalue weighted by atomic mass is 10.1. The zero-order valence-corrected chi connectivity index (χ0v) is 16.7. The maximum Gasteiger partial charge on any atom is 0.226 e. The highest BCUT2D eigenvalue weighted by Gasteiger charge is 2.44. The van der Waals surface area contributed by atoms with Gasteiger partial charge in [-0.1, -0.05) is 42.0 Å². The quantitative estimate of drug-likeness (QED) is 0.816. The Kier molecular flexibility index (Phi) is 4.94. The SMILES string of the molecule is Cc1ccc(CC2CC2C(=O)N2CCN(c3cc(C)ccc3C)CC2)cc1.